The number of hydrogen-bond acceptors (Lipinski definition) is 5. The molecule has 3 rings (SSSR count). The van der Waals surface area contributed by atoms with Crippen LogP contribution in [0.3, 0.4) is 0 Å². The van der Waals surface area contributed by atoms with E-state index >= 15 is 0 Å². The lowest BCUT2D eigenvalue weighted by molar-refractivity contribution is 0.0215. The van der Waals surface area contributed by atoms with Gasteiger partial charge in [-0.25, -0.2) is 0 Å². The van der Waals surface area contributed by atoms with Gasteiger partial charge < -0.3 is 19.1 Å². The standard InChI is InChI=1S/C15H23N3O3/c19-15(14-5-10-21-16-14)18-8-4-9-20-13(12-18)11-17-6-2-1-3-7-17/h5,10,13H,1-4,6-9,11-12H2. The molecule has 0 spiro atoms. The number of amides is 1. The Labute approximate surface area is 125 Å². The Morgan fingerprint density at radius 1 is 1.24 bits per heavy atom. The smallest absolute Gasteiger partial charge is 0.276 e. The number of piperidine rings is 1. The van der Waals surface area contributed by atoms with E-state index in [1.807, 2.05) is 4.90 Å². The van der Waals surface area contributed by atoms with Crippen molar-refractivity contribution in [3.8, 4) is 0 Å². The van der Waals surface area contributed by atoms with Crippen LogP contribution < -0.4 is 0 Å². The number of rotatable bonds is 3. The number of aromatic nitrogens is 1. The van der Waals surface area contributed by atoms with Crippen molar-refractivity contribution < 1.29 is 14.1 Å². The van der Waals surface area contributed by atoms with E-state index < -0.39 is 0 Å². The van der Waals surface area contributed by atoms with Gasteiger partial charge in [0, 0.05) is 32.3 Å². The third kappa shape index (κ3) is 3.83. The summed E-state index contributed by atoms with van der Waals surface area (Å²) < 4.78 is 10.7. The fourth-order valence-electron chi connectivity index (χ4n) is 3.10. The van der Waals surface area contributed by atoms with Crippen LogP contribution in [0.15, 0.2) is 16.9 Å². The summed E-state index contributed by atoms with van der Waals surface area (Å²) >= 11 is 0. The molecule has 1 amide bonds. The molecule has 6 heteroatoms. The molecule has 2 aliphatic rings. The van der Waals surface area contributed by atoms with Crippen LogP contribution in [0.5, 0.6) is 0 Å². The summed E-state index contributed by atoms with van der Waals surface area (Å²) in [6.07, 6.45) is 6.29. The SMILES string of the molecule is O=C(c1ccon1)N1CCCOC(CN2CCCCC2)C1. The molecule has 1 aromatic rings. The molecule has 0 bridgehead atoms. The maximum absolute atomic E-state index is 12.4. The molecule has 2 fully saturated rings. The van der Waals surface area contributed by atoms with Crippen molar-refractivity contribution in [1.82, 2.24) is 15.0 Å². The molecule has 1 atom stereocenters. The van der Waals surface area contributed by atoms with Crippen LogP contribution in [0.2, 0.25) is 0 Å². The van der Waals surface area contributed by atoms with Crippen LogP contribution in [0, 0.1) is 0 Å². The van der Waals surface area contributed by atoms with Gasteiger partial charge in [-0.2, -0.15) is 0 Å². The summed E-state index contributed by atoms with van der Waals surface area (Å²) in [7, 11) is 0. The molecular formula is C15H23N3O3. The third-order valence-corrected chi connectivity index (χ3v) is 4.20. The van der Waals surface area contributed by atoms with E-state index in [2.05, 4.69) is 10.1 Å². The van der Waals surface area contributed by atoms with Gasteiger partial charge in [-0.1, -0.05) is 11.6 Å². The molecule has 0 saturated carbocycles. The Balaban J connectivity index is 1.59. The Bertz CT molecular complexity index is 443. The molecule has 2 saturated heterocycles. The van der Waals surface area contributed by atoms with Crippen molar-refractivity contribution in [2.75, 3.05) is 39.3 Å². The second-order valence-electron chi connectivity index (χ2n) is 5.84. The van der Waals surface area contributed by atoms with Gasteiger partial charge in [-0.15, -0.1) is 0 Å². The van der Waals surface area contributed by atoms with Gasteiger partial charge in [0.15, 0.2) is 5.69 Å². The minimum absolute atomic E-state index is 0.0575. The van der Waals surface area contributed by atoms with Crippen molar-refractivity contribution in [3.05, 3.63) is 18.0 Å². The number of hydrogen-bond donors (Lipinski definition) is 0. The van der Waals surface area contributed by atoms with Crippen LogP contribution in [-0.2, 0) is 4.74 Å². The Morgan fingerprint density at radius 2 is 2.10 bits per heavy atom. The summed E-state index contributed by atoms with van der Waals surface area (Å²) in [5.41, 5.74) is 0.383. The normalized spacial score (nSPS) is 24.8. The first kappa shape index (κ1) is 14.5. The maximum Gasteiger partial charge on any atom is 0.276 e. The number of carbonyl (C=O) groups is 1. The van der Waals surface area contributed by atoms with Gasteiger partial charge in [0.05, 0.1) is 6.10 Å². The number of nitrogens with zero attached hydrogens (tertiary/aromatic N) is 3. The molecule has 0 N–H and O–H groups in total. The predicted octanol–water partition coefficient (Wildman–Crippen LogP) is 1.39. The summed E-state index contributed by atoms with van der Waals surface area (Å²) in [5, 5.41) is 3.75. The van der Waals surface area contributed by atoms with E-state index in [0.29, 0.717) is 12.2 Å². The molecule has 116 valence electrons. The topological polar surface area (TPSA) is 58.8 Å². The van der Waals surface area contributed by atoms with E-state index in [-0.39, 0.29) is 12.0 Å². The highest BCUT2D eigenvalue weighted by Gasteiger charge is 2.26. The monoisotopic (exact) mass is 293 g/mol. The van der Waals surface area contributed by atoms with Gasteiger partial charge in [0.1, 0.15) is 6.26 Å². The molecule has 0 radical (unpaired) electrons. The average molecular weight is 293 g/mol. The predicted molar refractivity (Wildman–Crippen MR) is 77.1 cm³/mol. The minimum atomic E-state index is -0.0575. The van der Waals surface area contributed by atoms with Crippen LogP contribution in [0.4, 0.5) is 0 Å². The van der Waals surface area contributed by atoms with Crippen molar-refractivity contribution in [3.63, 3.8) is 0 Å². The van der Waals surface area contributed by atoms with E-state index in [1.165, 1.54) is 25.5 Å². The summed E-state index contributed by atoms with van der Waals surface area (Å²) in [6.45, 7) is 5.31. The van der Waals surface area contributed by atoms with Crippen molar-refractivity contribution in [2.24, 2.45) is 0 Å². The first-order valence-electron chi connectivity index (χ1n) is 7.86. The summed E-state index contributed by atoms with van der Waals surface area (Å²) in [6, 6.07) is 1.62. The van der Waals surface area contributed by atoms with Crippen LogP contribution in [-0.4, -0.2) is 66.3 Å². The van der Waals surface area contributed by atoms with Gasteiger partial charge in [-0.05, 0) is 32.4 Å². The molecule has 1 aromatic heterocycles. The molecule has 1 unspecified atom stereocenters. The molecule has 21 heavy (non-hydrogen) atoms. The molecule has 2 aliphatic heterocycles. The van der Waals surface area contributed by atoms with Crippen LogP contribution in [0.1, 0.15) is 36.2 Å². The van der Waals surface area contributed by atoms with Gasteiger partial charge >= 0.3 is 0 Å². The van der Waals surface area contributed by atoms with Crippen LogP contribution in [0.25, 0.3) is 0 Å². The molecule has 6 nitrogen and oxygen atoms in total. The number of likely N-dealkylation sites (tertiary alicyclic amines) is 1. The van der Waals surface area contributed by atoms with Crippen molar-refractivity contribution in [1.29, 1.82) is 0 Å². The highest BCUT2D eigenvalue weighted by atomic mass is 16.5. The highest BCUT2D eigenvalue weighted by Crippen LogP contribution is 2.14. The van der Waals surface area contributed by atoms with E-state index in [9.17, 15) is 4.79 Å². The third-order valence-electron chi connectivity index (χ3n) is 4.20. The van der Waals surface area contributed by atoms with E-state index in [1.54, 1.807) is 6.07 Å². The van der Waals surface area contributed by atoms with E-state index in [0.717, 1.165) is 39.2 Å². The first-order valence-corrected chi connectivity index (χ1v) is 7.86. The molecular weight excluding hydrogens is 270 g/mol. The highest BCUT2D eigenvalue weighted by molar-refractivity contribution is 5.92. The Hall–Kier alpha value is -1.40. The van der Waals surface area contributed by atoms with Gasteiger partial charge in [0.25, 0.3) is 5.91 Å². The van der Waals surface area contributed by atoms with Gasteiger partial charge in [0.2, 0.25) is 0 Å². The molecule has 0 aromatic carbocycles. The van der Waals surface area contributed by atoms with E-state index in [4.69, 9.17) is 9.26 Å². The maximum atomic E-state index is 12.4. The fourth-order valence-corrected chi connectivity index (χ4v) is 3.10. The van der Waals surface area contributed by atoms with Gasteiger partial charge in [-0.3, -0.25) is 4.79 Å². The van der Waals surface area contributed by atoms with Crippen LogP contribution >= 0.6 is 0 Å². The largest absolute Gasteiger partial charge is 0.375 e. The first-order chi connectivity index (χ1) is 10.3. The zero-order valence-electron chi connectivity index (χ0n) is 12.4. The lowest BCUT2D eigenvalue weighted by Crippen LogP contribution is -2.43. The van der Waals surface area contributed by atoms with Crippen molar-refractivity contribution in [2.45, 2.75) is 31.8 Å². The quantitative estimate of drug-likeness (QED) is 0.843. The average Bonchev–Trinajstić information content (AvgIpc) is 2.95. The van der Waals surface area contributed by atoms with Crippen molar-refractivity contribution >= 4 is 5.91 Å². The zero-order valence-corrected chi connectivity index (χ0v) is 12.4. The minimum Gasteiger partial charge on any atom is -0.375 e. The Kier molecular flexibility index (Phi) is 4.87. The number of carbonyl (C=O) groups excluding carboxylic acids is 1. The fraction of sp³-hybridized carbons (Fsp3) is 0.733. The summed E-state index contributed by atoms with van der Waals surface area (Å²) in [5.74, 6) is -0.0575. The zero-order chi connectivity index (χ0) is 14.5. The number of ether oxygens (including phenoxy) is 1. The summed E-state index contributed by atoms with van der Waals surface area (Å²) in [4.78, 5) is 16.7. The Morgan fingerprint density at radius 3 is 2.86 bits per heavy atom. The lowest BCUT2D eigenvalue weighted by atomic mass is 10.1. The lowest BCUT2D eigenvalue weighted by Gasteiger charge is -2.31. The molecule has 3 heterocycles. The second-order valence-corrected chi connectivity index (χ2v) is 5.84. The molecule has 0 aliphatic carbocycles. The second kappa shape index (κ2) is 7.04.